The van der Waals surface area contributed by atoms with Crippen LogP contribution in [0.15, 0.2) is 24.3 Å². The van der Waals surface area contributed by atoms with Crippen molar-refractivity contribution in [2.75, 3.05) is 13.1 Å². The van der Waals surface area contributed by atoms with Crippen LogP contribution < -0.4 is 5.32 Å². The van der Waals surface area contributed by atoms with E-state index in [1.165, 1.54) is 12.8 Å². The van der Waals surface area contributed by atoms with E-state index < -0.39 is 0 Å². The first-order valence-electron chi connectivity index (χ1n) is 10.1. The molecular weight excluding hydrogens is 340 g/mol. The van der Waals surface area contributed by atoms with E-state index in [-0.39, 0.29) is 24.4 Å². The van der Waals surface area contributed by atoms with Gasteiger partial charge in [-0.25, -0.2) is 4.98 Å². The molecule has 1 unspecified atom stereocenters. The zero-order valence-corrected chi connectivity index (χ0v) is 16.4. The lowest BCUT2D eigenvalue weighted by Gasteiger charge is -2.22. The Morgan fingerprint density at radius 3 is 2.56 bits per heavy atom. The number of likely N-dealkylation sites (tertiary alicyclic amines) is 1. The van der Waals surface area contributed by atoms with E-state index in [0.29, 0.717) is 6.42 Å². The van der Waals surface area contributed by atoms with Crippen LogP contribution in [0.5, 0.6) is 0 Å². The van der Waals surface area contributed by atoms with Gasteiger partial charge in [-0.15, -0.1) is 0 Å². The molecule has 1 saturated heterocycles. The number of hydrogen-bond donors (Lipinski definition) is 1. The van der Waals surface area contributed by atoms with Gasteiger partial charge in [0, 0.05) is 19.5 Å². The molecule has 146 valence electrons. The van der Waals surface area contributed by atoms with Gasteiger partial charge in [-0.3, -0.25) is 9.59 Å². The van der Waals surface area contributed by atoms with Gasteiger partial charge in [-0.2, -0.15) is 0 Å². The Kier molecular flexibility index (Phi) is 6.48. The van der Waals surface area contributed by atoms with Crippen LogP contribution in [0.4, 0.5) is 0 Å². The second-order valence-corrected chi connectivity index (χ2v) is 7.38. The molecule has 2 heterocycles. The van der Waals surface area contributed by atoms with Crippen LogP contribution in [-0.4, -0.2) is 39.4 Å². The molecule has 0 radical (unpaired) electrons. The fourth-order valence-corrected chi connectivity index (χ4v) is 3.75. The lowest BCUT2D eigenvalue weighted by Crippen LogP contribution is -2.36. The molecule has 0 bridgehead atoms. The normalized spacial score (nSPS) is 16.1. The molecule has 0 spiro atoms. The zero-order chi connectivity index (χ0) is 19.2. The number of nitrogens with zero attached hydrogens (tertiary/aromatic N) is 3. The molecule has 2 amide bonds. The van der Waals surface area contributed by atoms with Crippen LogP contribution in [-0.2, 0) is 16.1 Å². The molecule has 0 saturated carbocycles. The van der Waals surface area contributed by atoms with Crippen LogP contribution >= 0.6 is 0 Å². The van der Waals surface area contributed by atoms with Gasteiger partial charge in [-0.1, -0.05) is 31.9 Å². The van der Waals surface area contributed by atoms with Crippen molar-refractivity contribution in [2.45, 2.75) is 65.0 Å². The Bertz CT molecular complexity index is 791. The molecule has 6 heteroatoms. The van der Waals surface area contributed by atoms with E-state index in [4.69, 9.17) is 4.98 Å². The predicted octanol–water partition coefficient (Wildman–Crippen LogP) is 3.42. The standard InChI is InChI=1S/C21H30N4O2/c1-3-10-19(26)22-16(2)21-23-17-11-6-7-12-18(17)25(21)15-20(27)24-13-8-4-5-9-14-24/h6-7,11-12,16H,3-5,8-10,13-15H2,1-2H3,(H,22,26). The predicted molar refractivity (Wildman–Crippen MR) is 106 cm³/mol. The van der Waals surface area contributed by atoms with Crippen molar-refractivity contribution in [2.24, 2.45) is 0 Å². The van der Waals surface area contributed by atoms with Gasteiger partial charge in [0.05, 0.1) is 17.1 Å². The first-order valence-corrected chi connectivity index (χ1v) is 10.1. The molecule has 3 rings (SSSR count). The number of benzene rings is 1. The highest BCUT2D eigenvalue weighted by Crippen LogP contribution is 2.22. The van der Waals surface area contributed by atoms with Gasteiger partial charge in [0.15, 0.2) is 0 Å². The summed E-state index contributed by atoms with van der Waals surface area (Å²) < 4.78 is 1.97. The molecule has 1 atom stereocenters. The minimum absolute atomic E-state index is 0.0162. The fraction of sp³-hybridized carbons (Fsp3) is 0.571. The molecular formula is C21H30N4O2. The van der Waals surface area contributed by atoms with Crippen molar-refractivity contribution in [1.82, 2.24) is 19.8 Å². The maximum atomic E-state index is 13.0. The zero-order valence-electron chi connectivity index (χ0n) is 16.4. The first-order chi connectivity index (χ1) is 13.1. The van der Waals surface area contributed by atoms with Crippen LogP contribution in [0.2, 0.25) is 0 Å². The second kappa shape index (κ2) is 9.02. The van der Waals surface area contributed by atoms with E-state index >= 15 is 0 Å². The van der Waals surface area contributed by atoms with Gasteiger partial charge in [-0.05, 0) is 38.3 Å². The topological polar surface area (TPSA) is 67.2 Å². The summed E-state index contributed by atoms with van der Waals surface area (Å²) in [4.78, 5) is 31.7. The highest BCUT2D eigenvalue weighted by atomic mass is 16.2. The second-order valence-electron chi connectivity index (χ2n) is 7.38. The Hall–Kier alpha value is -2.37. The number of para-hydroxylation sites is 2. The van der Waals surface area contributed by atoms with E-state index in [2.05, 4.69) is 5.32 Å². The molecule has 6 nitrogen and oxygen atoms in total. The largest absolute Gasteiger partial charge is 0.346 e. The molecule has 1 aromatic heterocycles. The highest BCUT2D eigenvalue weighted by Gasteiger charge is 2.22. The number of hydrogen-bond acceptors (Lipinski definition) is 3. The van der Waals surface area contributed by atoms with Crippen molar-refractivity contribution in [3.05, 3.63) is 30.1 Å². The average molecular weight is 370 g/mol. The third-order valence-corrected chi connectivity index (χ3v) is 5.18. The van der Waals surface area contributed by atoms with Crippen molar-refractivity contribution >= 4 is 22.8 Å². The van der Waals surface area contributed by atoms with E-state index in [1.54, 1.807) is 0 Å². The van der Waals surface area contributed by atoms with Gasteiger partial charge < -0.3 is 14.8 Å². The number of aromatic nitrogens is 2. The summed E-state index contributed by atoms with van der Waals surface area (Å²) in [6.07, 6.45) is 5.85. The van der Waals surface area contributed by atoms with E-state index in [1.807, 2.05) is 47.6 Å². The summed E-state index contributed by atoms with van der Waals surface area (Å²) in [5.41, 5.74) is 1.79. The molecule has 1 N–H and O–H groups in total. The van der Waals surface area contributed by atoms with E-state index in [0.717, 1.165) is 49.2 Å². The van der Waals surface area contributed by atoms with Crippen LogP contribution in [0.3, 0.4) is 0 Å². The SMILES string of the molecule is CCCC(=O)NC(C)c1nc2ccccc2n1CC(=O)N1CCCCCC1. The number of carbonyl (C=O) groups is 2. The molecule has 27 heavy (non-hydrogen) atoms. The molecule has 1 fully saturated rings. The van der Waals surface area contributed by atoms with Crippen molar-refractivity contribution in [3.8, 4) is 0 Å². The maximum Gasteiger partial charge on any atom is 0.242 e. The third-order valence-electron chi connectivity index (χ3n) is 5.18. The number of fused-ring (bicyclic) bond motifs is 1. The molecule has 0 aliphatic carbocycles. The summed E-state index contributed by atoms with van der Waals surface area (Å²) in [5, 5.41) is 3.01. The van der Waals surface area contributed by atoms with Gasteiger partial charge in [0.1, 0.15) is 12.4 Å². The first kappa shape index (κ1) is 19.4. The fourth-order valence-electron chi connectivity index (χ4n) is 3.75. The highest BCUT2D eigenvalue weighted by molar-refractivity contribution is 5.82. The molecule has 1 aliphatic rings. The third kappa shape index (κ3) is 4.67. The quantitative estimate of drug-likeness (QED) is 0.847. The summed E-state index contributed by atoms with van der Waals surface area (Å²) in [6, 6.07) is 7.60. The van der Waals surface area contributed by atoms with Crippen molar-refractivity contribution in [1.29, 1.82) is 0 Å². The number of rotatable bonds is 6. The van der Waals surface area contributed by atoms with Gasteiger partial charge in [0.2, 0.25) is 11.8 Å². The van der Waals surface area contributed by atoms with Gasteiger partial charge in [0.25, 0.3) is 0 Å². The molecule has 1 aromatic carbocycles. The number of amides is 2. The maximum absolute atomic E-state index is 13.0. The Labute approximate surface area is 160 Å². The Balaban J connectivity index is 1.85. The lowest BCUT2D eigenvalue weighted by molar-refractivity contribution is -0.131. The van der Waals surface area contributed by atoms with Crippen LogP contribution in [0.1, 0.15) is 64.2 Å². The monoisotopic (exact) mass is 370 g/mol. The van der Waals surface area contributed by atoms with Crippen LogP contribution in [0, 0.1) is 0 Å². The van der Waals surface area contributed by atoms with Gasteiger partial charge >= 0.3 is 0 Å². The average Bonchev–Trinajstić information content (AvgIpc) is 2.82. The Morgan fingerprint density at radius 2 is 1.85 bits per heavy atom. The van der Waals surface area contributed by atoms with E-state index in [9.17, 15) is 9.59 Å². The Morgan fingerprint density at radius 1 is 1.15 bits per heavy atom. The molecule has 2 aromatic rings. The van der Waals surface area contributed by atoms with Crippen molar-refractivity contribution in [3.63, 3.8) is 0 Å². The minimum atomic E-state index is -0.242. The summed E-state index contributed by atoms with van der Waals surface area (Å²) >= 11 is 0. The summed E-state index contributed by atoms with van der Waals surface area (Å²) in [7, 11) is 0. The summed E-state index contributed by atoms with van der Waals surface area (Å²) in [5.74, 6) is 0.889. The van der Waals surface area contributed by atoms with Crippen molar-refractivity contribution < 1.29 is 9.59 Å². The minimum Gasteiger partial charge on any atom is -0.346 e. The number of carbonyl (C=O) groups excluding carboxylic acids is 2. The molecule has 1 aliphatic heterocycles. The number of nitrogens with one attached hydrogen (secondary N) is 1. The lowest BCUT2D eigenvalue weighted by atomic mass is 10.2. The smallest absolute Gasteiger partial charge is 0.242 e. The van der Waals surface area contributed by atoms with Crippen LogP contribution in [0.25, 0.3) is 11.0 Å². The number of imidazole rings is 1. The summed E-state index contributed by atoms with van der Waals surface area (Å²) in [6.45, 7) is 5.86.